The quantitative estimate of drug-likeness (QED) is 0.456. The van der Waals surface area contributed by atoms with E-state index in [0.29, 0.717) is 6.04 Å². The maximum Gasteiger partial charge on any atom is 0.123 e. The number of benzene rings is 2. The molecule has 1 saturated heterocycles. The third-order valence-electron chi connectivity index (χ3n) is 8.84. The summed E-state index contributed by atoms with van der Waals surface area (Å²) in [5, 5.41) is 1.39. The van der Waals surface area contributed by atoms with Crippen molar-refractivity contribution in [2.45, 2.75) is 64.0 Å². The third-order valence-corrected chi connectivity index (χ3v) is 8.84. The zero-order valence-electron chi connectivity index (χ0n) is 20.4. The highest BCUT2D eigenvalue weighted by Crippen LogP contribution is 2.42. The van der Waals surface area contributed by atoms with Gasteiger partial charge in [0.2, 0.25) is 0 Å². The molecule has 2 aromatic carbocycles. The van der Waals surface area contributed by atoms with Crippen molar-refractivity contribution >= 4 is 22.9 Å². The summed E-state index contributed by atoms with van der Waals surface area (Å²) in [6.45, 7) is 5.54. The largest absolute Gasteiger partial charge is 0.371 e. The zero-order valence-corrected chi connectivity index (χ0v) is 20.4. The topological polar surface area (TPSA) is 39.3 Å². The van der Waals surface area contributed by atoms with Crippen molar-refractivity contribution in [3.05, 3.63) is 65.4 Å². The van der Waals surface area contributed by atoms with Crippen molar-refractivity contribution in [1.29, 1.82) is 0 Å². The van der Waals surface area contributed by atoms with E-state index in [1.807, 2.05) is 0 Å². The predicted molar refractivity (Wildman–Crippen MR) is 139 cm³/mol. The molecule has 0 bridgehead atoms. The lowest BCUT2D eigenvalue weighted by atomic mass is 9.82. The molecular formula is C30H37N3O. The average Bonchev–Trinajstić information content (AvgIpc) is 3.21. The maximum absolute atomic E-state index is 11.1. The Hall–Kier alpha value is -2.59. The summed E-state index contributed by atoms with van der Waals surface area (Å²) in [5.41, 5.74) is 6.84. The van der Waals surface area contributed by atoms with Gasteiger partial charge in [-0.25, -0.2) is 0 Å². The van der Waals surface area contributed by atoms with E-state index in [-0.39, 0.29) is 12.0 Å². The van der Waals surface area contributed by atoms with Crippen molar-refractivity contribution in [3.63, 3.8) is 0 Å². The van der Waals surface area contributed by atoms with Crippen LogP contribution >= 0.6 is 0 Å². The van der Waals surface area contributed by atoms with Crippen LogP contribution in [0, 0.1) is 11.8 Å². The fourth-order valence-electron chi connectivity index (χ4n) is 6.49. The Morgan fingerprint density at radius 3 is 2.47 bits per heavy atom. The number of rotatable bonds is 6. The maximum atomic E-state index is 11.1. The molecule has 2 atom stereocenters. The molecule has 0 amide bonds. The molecule has 1 N–H and O–H groups in total. The Labute approximate surface area is 203 Å². The Morgan fingerprint density at radius 1 is 1.00 bits per heavy atom. The molecule has 1 aromatic heterocycles. The van der Waals surface area contributed by atoms with Crippen LogP contribution in [0.4, 0.5) is 5.69 Å². The van der Waals surface area contributed by atoms with Gasteiger partial charge < -0.3 is 14.7 Å². The van der Waals surface area contributed by atoms with Crippen molar-refractivity contribution in [3.8, 4) is 0 Å². The van der Waals surface area contributed by atoms with Gasteiger partial charge >= 0.3 is 0 Å². The highest BCUT2D eigenvalue weighted by atomic mass is 16.1. The van der Waals surface area contributed by atoms with E-state index >= 15 is 0 Å². The van der Waals surface area contributed by atoms with E-state index in [0.717, 1.165) is 44.6 Å². The summed E-state index contributed by atoms with van der Waals surface area (Å²) >= 11 is 0. The minimum atomic E-state index is 0.240. The number of aromatic nitrogens is 1. The van der Waals surface area contributed by atoms with Gasteiger partial charge in [-0.15, -0.1) is 0 Å². The number of H-pyrrole nitrogens is 1. The van der Waals surface area contributed by atoms with Gasteiger partial charge in [-0.2, -0.15) is 0 Å². The Morgan fingerprint density at radius 2 is 1.76 bits per heavy atom. The number of nitrogens with zero attached hydrogens (tertiary/aromatic N) is 2. The molecule has 2 fully saturated rings. The van der Waals surface area contributed by atoms with E-state index in [1.165, 1.54) is 65.6 Å². The summed E-state index contributed by atoms with van der Waals surface area (Å²) in [6.07, 6.45) is 9.77. The van der Waals surface area contributed by atoms with Crippen LogP contribution in [0.25, 0.3) is 10.9 Å². The molecule has 0 unspecified atom stereocenters. The number of carbonyl (C=O) groups excluding carboxylic acids is 1. The second-order valence-electron chi connectivity index (χ2n) is 10.9. The molecule has 1 saturated carbocycles. The van der Waals surface area contributed by atoms with E-state index in [9.17, 15) is 4.79 Å². The zero-order chi connectivity index (χ0) is 23.1. The molecule has 34 heavy (non-hydrogen) atoms. The number of hydrogen-bond donors (Lipinski definition) is 1. The highest BCUT2D eigenvalue weighted by Gasteiger charge is 2.36. The number of anilines is 1. The van der Waals surface area contributed by atoms with E-state index < -0.39 is 0 Å². The molecule has 4 nitrogen and oxygen atoms in total. The first-order valence-corrected chi connectivity index (χ1v) is 13.4. The van der Waals surface area contributed by atoms with Crippen LogP contribution in [-0.4, -0.2) is 41.8 Å². The van der Waals surface area contributed by atoms with Crippen LogP contribution in [-0.2, 0) is 11.2 Å². The van der Waals surface area contributed by atoms with Gasteiger partial charge in [0, 0.05) is 47.3 Å². The predicted octanol–water partition coefficient (Wildman–Crippen LogP) is 6.11. The molecule has 3 aromatic rings. The van der Waals surface area contributed by atoms with Gasteiger partial charge in [-0.1, -0.05) is 49.6 Å². The molecule has 0 spiro atoms. The first-order valence-electron chi connectivity index (χ1n) is 13.4. The monoisotopic (exact) mass is 455 g/mol. The standard InChI is InChI=1S/C30H37N3O/c1-21-19-27-26-7-2-3-8-28(26)31-29(27)30(33(21)18-15-22-5-4-6-22)24-9-11-25(12-10-24)32-16-13-23(20-34)14-17-32/h2-3,7-12,20-23,30-31H,4-6,13-19H2,1H3/t21-,30-/m1/s1. The van der Waals surface area contributed by atoms with Crippen LogP contribution < -0.4 is 4.90 Å². The van der Waals surface area contributed by atoms with Crippen LogP contribution in [0.5, 0.6) is 0 Å². The molecule has 3 aliphatic rings. The number of nitrogens with one attached hydrogen (secondary N) is 1. The van der Waals surface area contributed by atoms with E-state index in [4.69, 9.17) is 0 Å². The molecule has 4 heteroatoms. The fourth-order valence-corrected chi connectivity index (χ4v) is 6.49. The van der Waals surface area contributed by atoms with Crippen LogP contribution in [0.3, 0.4) is 0 Å². The third kappa shape index (κ3) is 3.96. The fraction of sp³-hybridized carbons (Fsp3) is 0.500. The van der Waals surface area contributed by atoms with Crippen molar-refractivity contribution in [1.82, 2.24) is 9.88 Å². The number of hydrogen-bond acceptors (Lipinski definition) is 3. The molecule has 1 aliphatic carbocycles. The molecular weight excluding hydrogens is 418 g/mol. The minimum absolute atomic E-state index is 0.240. The summed E-state index contributed by atoms with van der Waals surface area (Å²) in [6, 6.07) is 18.9. The number of aromatic amines is 1. The van der Waals surface area contributed by atoms with Crippen LogP contribution in [0.15, 0.2) is 48.5 Å². The van der Waals surface area contributed by atoms with Gasteiger partial charge in [-0.3, -0.25) is 4.90 Å². The molecule has 3 heterocycles. The average molecular weight is 456 g/mol. The molecule has 178 valence electrons. The normalized spacial score (nSPS) is 24.2. The summed E-state index contributed by atoms with van der Waals surface area (Å²) in [5.74, 6) is 1.16. The molecule has 6 rings (SSSR count). The number of fused-ring (bicyclic) bond motifs is 3. The number of para-hydroxylation sites is 1. The molecule has 0 radical (unpaired) electrons. The lowest BCUT2D eigenvalue weighted by Crippen LogP contribution is -2.43. The lowest BCUT2D eigenvalue weighted by Gasteiger charge is -2.42. The van der Waals surface area contributed by atoms with E-state index in [1.54, 1.807) is 0 Å². The van der Waals surface area contributed by atoms with Gasteiger partial charge in [0.05, 0.1) is 6.04 Å². The second kappa shape index (κ2) is 9.22. The Kier molecular flexibility index (Phi) is 5.94. The number of carbonyl (C=O) groups is 1. The first-order chi connectivity index (χ1) is 16.7. The lowest BCUT2D eigenvalue weighted by molar-refractivity contribution is -0.111. The second-order valence-corrected chi connectivity index (χ2v) is 10.9. The van der Waals surface area contributed by atoms with Crippen molar-refractivity contribution in [2.24, 2.45) is 11.8 Å². The SMILES string of the molecule is C[C@@H]1Cc2c([nH]c3ccccc23)[C@@H](c2ccc(N3CCC(C=O)CC3)cc2)N1CCC1CCC1. The number of piperidine rings is 1. The Bertz CT molecular complexity index is 1140. The Balaban J connectivity index is 1.32. The van der Waals surface area contributed by atoms with Gasteiger partial charge in [0.15, 0.2) is 0 Å². The minimum Gasteiger partial charge on any atom is -0.371 e. The molecule has 2 aliphatic heterocycles. The summed E-state index contributed by atoms with van der Waals surface area (Å²) < 4.78 is 0. The highest BCUT2D eigenvalue weighted by molar-refractivity contribution is 5.85. The summed E-state index contributed by atoms with van der Waals surface area (Å²) in [4.78, 5) is 20.2. The van der Waals surface area contributed by atoms with Gasteiger partial charge in [-0.05, 0) is 74.4 Å². The van der Waals surface area contributed by atoms with E-state index in [2.05, 4.69) is 70.2 Å². The summed E-state index contributed by atoms with van der Waals surface area (Å²) in [7, 11) is 0. The van der Waals surface area contributed by atoms with Crippen molar-refractivity contribution in [2.75, 3.05) is 24.5 Å². The number of aldehydes is 1. The first kappa shape index (κ1) is 21.9. The van der Waals surface area contributed by atoms with Crippen LogP contribution in [0.2, 0.25) is 0 Å². The van der Waals surface area contributed by atoms with Gasteiger partial charge in [0.25, 0.3) is 0 Å². The van der Waals surface area contributed by atoms with Crippen LogP contribution in [0.1, 0.15) is 68.3 Å². The smallest absolute Gasteiger partial charge is 0.123 e. The van der Waals surface area contributed by atoms with Crippen molar-refractivity contribution < 1.29 is 4.79 Å². The van der Waals surface area contributed by atoms with Gasteiger partial charge in [0.1, 0.15) is 6.29 Å².